The van der Waals surface area contributed by atoms with Crippen molar-refractivity contribution in [2.24, 2.45) is 0 Å². The molecule has 10 heteroatoms. The number of rotatable bonds is 5. The third-order valence-electron chi connectivity index (χ3n) is 3.00. The van der Waals surface area contributed by atoms with E-state index in [-0.39, 0.29) is 6.54 Å². The summed E-state index contributed by atoms with van der Waals surface area (Å²) in [5.41, 5.74) is -5.38. The van der Waals surface area contributed by atoms with Crippen molar-refractivity contribution in [1.82, 2.24) is 15.3 Å². The van der Waals surface area contributed by atoms with E-state index in [0.717, 1.165) is 17.8 Å². The molecule has 0 aromatic carbocycles. The number of nitrogens with zero attached hydrogens (tertiary/aromatic N) is 2. The molecule has 0 bridgehead atoms. The molecule has 0 unspecified atom stereocenters. The molecule has 24 heavy (non-hydrogen) atoms. The van der Waals surface area contributed by atoms with Crippen molar-refractivity contribution < 1.29 is 26.4 Å². The van der Waals surface area contributed by atoms with Crippen LogP contribution in [0.15, 0.2) is 47.9 Å². The molecule has 6 nitrogen and oxygen atoms in total. The number of hydrogen-bond donors (Lipinski definition) is 1. The van der Waals surface area contributed by atoms with Gasteiger partial charge in [-0.3, -0.25) is 9.78 Å². The molecule has 0 aliphatic heterocycles. The van der Waals surface area contributed by atoms with Gasteiger partial charge in [0.25, 0.3) is 15.7 Å². The van der Waals surface area contributed by atoms with E-state index in [9.17, 15) is 26.4 Å². The molecule has 0 saturated carbocycles. The predicted molar refractivity (Wildman–Crippen MR) is 77.8 cm³/mol. The summed E-state index contributed by atoms with van der Waals surface area (Å²) in [6.07, 6.45) is 4.42. The number of alkyl halides is 3. The van der Waals surface area contributed by atoms with E-state index in [2.05, 4.69) is 15.3 Å². The lowest BCUT2D eigenvalue weighted by Gasteiger charge is -2.11. The lowest BCUT2D eigenvalue weighted by molar-refractivity contribution is -0.0438. The first kappa shape index (κ1) is 17.9. The van der Waals surface area contributed by atoms with Gasteiger partial charge in [0.1, 0.15) is 0 Å². The quantitative estimate of drug-likeness (QED) is 0.878. The summed E-state index contributed by atoms with van der Waals surface area (Å²) < 4.78 is 61.0. The molecule has 2 aromatic rings. The molecule has 2 rings (SSSR count). The number of pyridine rings is 2. The fourth-order valence-electron chi connectivity index (χ4n) is 1.85. The molecule has 2 aromatic heterocycles. The van der Waals surface area contributed by atoms with Gasteiger partial charge in [0.05, 0.1) is 5.56 Å². The van der Waals surface area contributed by atoms with Gasteiger partial charge in [0, 0.05) is 25.1 Å². The van der Waals surface area contributed by atoms with Crippen molar-refractivity contribution in [1.29, 1.82) is 0 Å². The second kappa shape index (κ2) is 6.95. The third-order valence-corrected chi connectivity index (χ3v) is 4.44. The van der Waals surface area contributed by atoms with Crippen LogP contribution < -0.4 is 5.32 Å². The number of amides is 1. The highest BCUT2D eigenvalue weighted by molar-refractivity contribution is 7.92. The van der Waals surface area contributed by atoms with Gasteiger partial charge in [0.15, 0.2) is 5.03 Å². The summed E-state index contributed by atoms with van der Waals surface area (Å²) in [6.45, 7) is 0.102. The lowest BCUT2D eigenvalue weighted by Crippen LogP contribution is -2.31. The Balaban J connectivity index is 2.16. The first-order chi connectivity index (χ1) is 11.2. The zero-order valence-corrected chi connectivity index (χ0v) is 12.9. The van der Waals surface area contributed by atoms with E-state index in [4.69, 9.17) is 0 Å². The summed E-state index contributed by atoms with van der Waals surface area (Å²) in [4.78, 5) is 19.1. The van der Waals surface area contributed by atoms with Crippen molar-refractivity contribution in [3.63, 3.8) is 0 Å². The molecule has 1 N–H and O–H groups in total. The van der Waals surface area contributed by atoms with Crippen molar-refractivity contribution in [3.8, 4) is 0 Å². The van der Waals surface area contributed by atoms with Crippen LogP contribution in [-0.4, -0.2) is 36.3 Å². The molecule has 1 amide bonds. The van der Waals surface area contributed by atoms with Gasteiger partial charge in [-0.05, 0) is 30.2 Å². The Morgan fingerprint density at radius 2 is 1.88 bits per heavy atom. The topological polar surface area (TPSA) is 89.0 Å². The third kappa shape index (κ3) is 3.88. The van der Waals surface area contributed by atoms with Crippen molar-refractivity contribution in [2.75, 3.05) is 6.54 Å². The van der Waals surface area contributed by atoms with Crippen LogP contribution in [0.2, 0.25) is 0 Å². The second-order valence-corrected chi connectivity index (χ2v) is 6.53. The molecule has 0 atom stereocenters. The molecular weight excluding hydrogens is 347 g/mol. The Bertz CT molecular complexity index is 824. The summed E-state index contributed by atoms with van der Waals surface area (Å²) in [5.74, 6) is -0.949. The summed E-state index contributed by atoms with van der Waals surface area (Å²) >= 11 is 0. The second-order valence-electron chi connectivity index (χ2n) is 4.67. The van der Waals surface area contributed by atoms with E-state index in [1.54, 1.807) is 24.5 Å². The van der Waals surface area contributed by atoms with Crippen molar-refractivity contribution in [2.45, 2.75) is 17.0 Å². The molecule has 0 radical (unpaired) electrons. The minimum absolute atomic E-state index is 0.102. The molecule has 2 heterocycles. The maximum absolute atomic E-state index is 12.7. The summed E-state index contributed by atoms with van der Waals surface area (Å²) in [5, 5.41) is 1.06. The monoisotopic (exact) mass is 359 g/mol. The Kier molecular flexibility index (Phi) is 5.17. The van der Waals surface area contributed by atoms with Crippen LogP contribution in [0.4, 0.5) is 13.2 Å². The van der Waals surface area contributed by atoms with E-state index in [1.165, 1.54) is 6.07 Å². The largest absolute Gasteiger partial charge is 0.503 e. The van der Waals surface area contributed by atoms with E-state index < -0.39 is 31.8 Å². The maximum atomic E-state index is 12.7. The number of carbonyl (C=O) groups is 1. The van der Waals surface area contributed by atoms with Gasteiger partial charge in [0.2, 0.25) is 0 Å². The van der Waals surface area contributed by atoms with Crippen LogP contribution in [0, 0.1) is 0 Å². The number of carbonyl (C=O) groups excluding carboxylic acids is 1. The zero-order chi connectivity index (χ0) is 17.8. The highest BCUT2D eigenvalue weighted by atomic mass is 32.2. The van der Waals surface area contributed by atoms with Crippen LogP contribution in [0.3, 0.4) is 0 Å². The Morgan fingerprint density at radius 3 is 2.50 bits per heavy atom. The fourth-order valence-corrected chi connectivity index (χ4v) is 2.72. The van der Waals surface area contributed by atoms with Gasteiger partial charge in [-0.1, -0.05) is 6.07 Å². The zero-order valence-electron chi connectivity index (χ0n) is 12.1. The standard InChI is InChI=1S/C14H12F3N3O3S/c15-14(16,17)24(22,23)13-11(4-2-7-20-13)12(21)19-8-5-10-3-1-6-18-9-10/h1-4,6-7,9H,5,8H2,(H,19,21). The molecular formula is C14H12F3N3O3S. The van der Waals surface area contributed by atoms with Crippen LogP contribution in [0.25, 0.3) is 0 Å². The van der Waals surface area contributed by atoms with Gasteiger partial charge >= 0.3 is 5.51 Å². The molecule has 128 valence electrons. The molecule has 0 saturated heterocycles. The number of aromatic nitrogens is 2. The first-order valence-electron chi connectivity index (χ1n) is 6.67. The van der Waals surface area contributed by atoms with E-state index in [1.807, 2.05) is 0 Å². The molecule has 0 aliphatic rings. The first-order valence-corrected chi connectivity index (χ1v) is 8.15. The van der Waals surface area contributed by atoms with Crippen LogP contribution in [0.5, 0.6) is 0 Å². The van der Waals surface area contributed by atoms with Gasteiger partial charge < -0.3 is 5.32 Å². The highest BCUT2D eigenvalue weighted by Gasteiger charge is 2.49. The lowest BCUT2D eigenvalue weighted by atomic mass is 10.2. The van der Waals surface area contributed by atoms with E-state index in [0.29, 0.717) is 6.42 Å². The van der Waals surface area contributed by atoms with E-state index >= 15 is 0 Å². The fraction of sp³-hybridized carbons (Fsp3) is 0.214. The Morgan fingerprint density at radius 1 is 1.17 bits per heavy atom. The maximum Gasteiger partial charge on any atom is 0.503 e. The van der Waals surface area contributed by atoms with Crippen molar-refractivity contribution in [3.05, 3.63) is 54.0 Å². The summed E-state index contributed by atoms with van der Waals surface area (Å²) in [7, 11) is -5.71. The minimum atomic E-state index is -5.71. The number of halogens is 3. The average molecular weight is 359 g/mol. The molecule has 0 spiro atoms. The molecule has 0 fully saturated rings. The van der Waals surface area contributed by atoms with Gasteiger partial charge in [-0.2, -0.15) is 13.2 Å². The van der Waals surface area contributed by atoms with Crippen LogP contribution >= 0.6 is 0 Å². The van der Waals surface area contributed by atoms with Crippen LogP contribution in [0.1, 0.15) is 15.9 Å². The smallest absolute Gasteiger partial charge is 0.352 e. The van der Waals surface area contributed by atoms with Gasteiger partial charge in [-0.15, -0.1) is 0 Å². The number of sulfone groups is 1. The number of nitrogens with one attached hydrogen (secondary N) is 1. The SMILES string of the molecule is O=C(NCCc1cccnc1)c1cccnc1S(=O)(=O)C(F)(F)F. The summed E-state index contributed by atoms with van der Waals surface area (Å²) in [6, 6.07) is 5.63. The predicted octanol–water partition coefficient (Wildman–Crippen LogP) is 1.74. The average Bonchev–Trinajstić information content (AvgIpc) is 2.54. The number of hydrogen-bond acceptors (Lipinski definition) is 5. The molecule has 0 aliphatic carbocycles. The van der Waals surface area contributed by atoms with Crippen LogP contribution in [-0.2, 0) is 16.3 Å². The van der Waals surface area contributed by atoms with Crippen molar-refractivity contribution >= 4 is 15.7 Å². The Hall–Kier alpha value is -2.49. The van der Waals surface area contributed by atoms with Gasteiger partial charge in [-0.25, -0.2) is 13.4 Å². The minimum Gasteiger partial charge on any atom is -0.352 e. The normalized spacial score (nSPS) is 12.0. The highest BCUT2D eigenvalue weighted by Crippen LogP contribution is 2.30. The Labute approximate surface area is 135 Å².